The molecule has 155 valence electrons. The van der Waals surface area contributed by atoms with Gasteiger partial charge in [-0.15, -0.1) is 34.5 Å². The van der Waals surface area contributed by atoms with Crippen LogP contribution in [0.2, 0.25) is 0 Å². The smallest absolute Gasteiger partial charge is 1.00 e. The van der Waals surface area contributed by atoms with E-state index in [1.807, 2.05) is 0 Å². The Labute approximate surface area is 217 Å². The van der Waals surface area contributed by atoms with Crippen molar-refractivity contribution in [3.63, 3.8) is 0 Å². The van der Waals surface area contributed by atoms with Crippen molar-refractivity contribution >= 4 is 22.4 Å². The molecule has 1 aliphatic carbocycles. The Morgan fingerprint density at radius 3 is 2.35 bits per heavy atom. The van der Waals surface area contributed by atoms with E-state index in [0.717, 1.165) is 0 Å². The van der Waals surface area contributed by atoms with Gasteiger partial charge in [0.25, 0.3) is 0 Å². The number of halogens is 2. The second kappa shape index (κ2) is 11.4. The van der Waals surface area contributed by atoms with Crippen LogP contribution in [0.1, 0.15) is 48.8 Å². The molecule has 0 saturated carbocycles. The van der Waals surface area contributed by atoms with Gasteiger partial charge in [-0.3, -0.25) is 0 Å². The zero-order valence-corrected chi connectivity index (χ0v) is 21.6. The summed E-state index contributed by atoms with van der Waals surface area (Å²) >= 11 is 0. The van der Waals surface area contributed by atoms with Crippen molar-refractivity contribution in [3.05, 3.63) is 102 Å². The third-order valence-corrected chi connectivity index (χ3v) is 6.07. The van der Waals surface area contributed by atoms with Crippen LogP contribution in [0.4, 0.5) is 0 Å². The van der Waals surface area contributed by atoms with Crippen molar-refractivity contribution in [2.75, 3.05) is 0 Å². The summed E-state index contributed by atoms with van der Waals surface area (Å²) in [5, 5.41) is 2.69. The molecule has 4 aromatic carbocycles. The summed E-state index contributed by atoms with van der Waals surface area (Å²) in [7, 11) is 0. The molecule has 1 aliphatic rings. The first-order valence-corrected chi connectivity index (χ1v) is 10.4. The number of hydrogen-bond donors (Lipinski definition) is 0. The molecule has 0 aliphatic heterocycles. The van der Waals surface area contributed by atoms with Crippen LogP contribution in [0.5, 0.6) is 0 Å². The fourth-order valence-corrected chi connectivity index (χ4v) is 4.67. The van der Waals surface area contributed by atoms with Crippen molar-refractivity contribution in [1.82, 2.24) is 0 Å². The van der Waals surface area contributed by atoms with Crippen molar-refractivity contribution < 1.29 is 51.0 Å². The SMILES string of the molecule is CCCCC1C(c2cc3c(-c4ccccc4)cccc3[cH-]2)=Cc2ccccc21.[Cl-].[Cl-].[Zr+3]. The van der Waals surface area contributed by atoms with E-state index in [1.54, 1.807) is 0 Å². The fraction of sp³-hybridized carbons (Fsp3) is 0.179. The summed E-state index contributed by atoms with van der Waals surface area (Å²) in [4.78, 5) is 0. The summed E-state index contributed by atoms with van der Waals surface area (Å²) < 4.78 is 0. The van der Waals surface area contributed by atoms with E-state index in [1.165, 1.54) is 63.4 Å². The summed E-state index contributed by atoms with van der Waals surface area (Å²) in [5.41, 5.74) is 8.38. The maximum absolute atomic E-state index is 2.42. The molecule has 31 heavy (non-hydrogen) atoms. The van der Waals surface area contributed by atoms with E-state index < -0.39 is 0 Å². The van der Waals surface area contributed by atoms with Crippen LogP contribution in [0, 0.1) is 0 Å². The average molecular weight is 524 g/mol. The van der Waals surface area contributed by atoms with E-state index in [4.69, 9.17) is 0 Å². The Bertz CT molecular complexity index is 1160. The van der Waals surface area contributed by atoms with Gasteiger partial charge in [-0.25, -0.2) is 0 Å². The molecule has 0 bridgehead atoms. The van der Waals surface area contributed by atoms with Crippen LogP contribution >= 0.6 is 0 Å². The largest absolute Gasteiger partial charge is 3.00 e. The third-order valence-electron chi connectivity index (χ3n) is 6.07. The van der Waals surface area contributed by atoms with Crippen molar-refractivity contribution in [1.29, 1.82) is 0 Å². The predicted octanol–water partition coefficient (Wildman–Crippen LogP) is 2.06. The Balaban J connectivity index is 0.00000114. The first-order valence-electron chi connectivity index (χ1n) is 10.4. The van der Waals surface area contributed by atoms with Crippen molar-refractivity contribution in [2.45, 2.75) is 32.1 Å². The Kier molecular flexibility index (Phi) is 9.44. The van der Waals surface area contributed by atoms with Gasteiger partial charge in [0.05, 0.1) is 0 Å². The minimum absolute atomic E-state index is 0. The monoisotopic (exact) mass is 521 g/mol. The molecule has 0 spiro atoms. The molecule has 1 radical (unpaired) electrons. The van der Waals surface area contributed by atoms with Gasteiger partial charge in [0.1, 0.15) is 0 Å². The first kappa shape index (κ1) is 25.7. The standard InChI is InChI=1S/C28H25.2ClH.Zr/c1-2-3-14-26-25-15-8-7-12-22(25)18-28(26)23-17-21-13-9-16-24(27(21)19-23)20-10-5-4-6-11-20;;;/h4-13,15-19,26H,2-3,14H2,1H3;2*1H;/q-1;;;+3/p-2. The zero-order chi connectivity index (χ0) is 18.9. The summed E-state index contributed by atoms with van der Waals surface area (Å²) in [6, 6.07) is 31.1. The molecule has 0 N–H and O–H groups in total. The molecule has 3 heteroatoms. The first-order chi connectivity index (χ1) is 13.8. The van der Waals surface area contributed by atoms with Crippen LogP contribution in [-0.2, 0) is 26.2 Å². The van der Waals surface area contributed by atoms with Gasteiger partial charge in [-0.05, 0) is 29.0 Å². The van der Waals surface area contributed by atoms with Gasteiger partial charge in [-0.1, -0.05) is 104 Å². The van der Waals surface area contributed by atoms with Gasteiger partial charge < -0.3 is 24.8 Å². The minimum atomic E-state index is 0. The molecule has 0 fully saturated rings. The fourth-order valence-electron chi connectivity index (χ4n) is 4.67. The number of allylic oxidation sites excluding steroid dienone is 1. The Hall–Kier alpha value is -1.53. The maximum atomic E-state index is 2.42. The van der Waals surface area contributed by atoms with Gasteiger partial charge in [0.15, 0.2) is 0 Å². The van der Waals surface area contributed by atoms with Crippen LogP contribution in [0.15, 0.2) is 84.9 Å². The molecule has 4 aromatic rings. The normalized spacial score (nSPS) is 14.1. The molecule has 0 heterocycles. The van der Waals surface area contributed by atoms with E-state index in [9.17, 15) is 0 Å². The zero-order valence-electron chi connectivity index (χ0n) is 17.6. The second-order valence-electron chi connectivity index (χ2n) is 7.84. The number of fused-ring (bicyclic) bond motifs is 2. The van der Waals surface area contributed by atoms with Crippen LogP contribution < -0.4 is 24.8 Å². The minimum Gasteiger partial charge on any atom is -1.00 e. The molecule has 1 atom stereocenters. The molecular weight excluding hydrogens is 498 g/mol. The number of benzene rings is 3. The number of rotatable bonds is 5. The Morgan fingerprint density at radius 1 is 0.839 bits per heavy atom. The van der Waals surface area contributed by atoms with E-state index in [-0.39, 0.29) is 51.0 Å². The molecule has 0 aromatic heterocycles. The maximum Gasteiger partial charge on any atom is 3.00 e. The summed E-state index contributed by atoms with van der Waals surface area (Å²) in [6.07, 6.45) is 6.16. The summed E-state index contributed by atoms with van der Waals surface area (Å²) in [5.74, 6) is 0.521. The molecule has 1 unspecified atom stereocenters. The van der Waals surface area contributed by atoms with Crippen molar-refractivity contribution in [2.24, 2.45) is 0 Å². The van der Waals surface area contributed by atoms with E-state index >= 15 is 0 Å². The van der Waals surface area contributed by atoms with Gasteiger partial charge in [0, 0.05) is 0 Å². The van der Waals surface area contributed by atoms with E-state index in [2.05, 4.69) is 97.9 Å². The van der Waals surface area contributed by atoms with Gasteiger partial charge in [0.2, 0.25) is 0 Å². The molecule has 5 rings (SSSR count). The number of hydrogen-bond acceptors (Lipinski definition) is 0. The van der Waals surface area contributed by atoms with Crippen LogP contribution in [0.3, 0.4) is 0 Å². The second-order valence-corrected chi connectivity index (χ2v) is 7.84. The van der Waals surface area contributed by atoms with Crippen LogP contribution in [0.25, 0.3) is 33.5 Å². The average Bonchev–Trinajstić information content (AvgIpc) is 3.34. The molecular formula is C28H25Cl2Zr. The summed E-state index contributed by atoms with van der Waals surface area (Å²) in [6.45, 7) is 2.28. The Morgan fingerprint density at radius 2 is 1.58 bits per heavy atom. The molecule has 0 nitrogen and oxygen atoms in total. The number of unbranched alkanes of at least 4 members (excludes halogenated alkanes) is 1. The van der Waals surface area contributed by atoms with E-state index in [0.29, 0.717) is 5.92 Å². The van der Waals surface area contributed by atoms with Gasteiger partial charge in [-0.2, -0.15) is 0 Å². The third kappa shape index (κ3) is 4.95. The van der Waals surface area contributed by atoms with Crippen LogP contribution in [-0.4, -0.2) is 0 Å². The quantitative estimate of drug-likeness (QED) is 0.352. The molecule has 0 amide bonds. The van der Waals surface area contributed by atoms with Gasteiger partial charge >= 0.3 is 26.2 Å². The molecule has 0 saturated heterocycles. The predicted molar refractivity (Wildman–Crippen MR) is 122 cm³/mol. The topological polar surface area (TPSA) is 0 Å². The van der Waals surface area contributed by atoms with Crippen molar-refractivity contribution in [3.8, 4) is 11.1 Å².